The number of rotatable bonds is 7. The van der Waals surface area contributed by atoms with Gasteiger partial charge in [-0.05, 0) is 18.2 Å². The summed E-state index contributed by atoms with van der Waals surface area (Å²) in [5, 5.41) is 18.3. The number of fused-ring (bicyclic) bond motifs is 2. The zero-order valence-electron chi connectivity index (χ0n) is 15.8. The van der Waals surface area contributed by atoms with Gasteiger partial charge in [0.05, 0.1) is 31.0 Å². The standard InChI is InChI=1S/C19H26N4O5/c1-2-17(24)12-22-8-6-21(13-18(25)26)7-9-23(14-19(27)28)11-16-5-3-4-15(10-22)20-16/h2-5H,1,6-14H2,(H,25,26)(H,27,28). The van der Waals surface area contributed by atoms with Gasteiger partial charge in [-0.25, -0.2) is 0 Å². The molecule has 9 heteroatoms. The van der Waals surface area contributed by atoms with Crippen LogP contribution in [0.15, 0.2) is 30.9 Å². The Kier molecular flexibility index (Phi) is 8.24. The first kappa shape index (κ1) is 21.7. The van der Waals surface area contributed by atoms with Crippen LogP contribution in [0.25, 0.3) is 0 Å². The molecule has 1 aliphatic rings. The van der Waals surface area contributed by atoms with Gasteiger partial charge in [-0.2, -0.15) is 0 Å². The Balaban J connectivity index is 2.25. The number of hydrogen-bond donors (Lipinski definition) is 2. The number of nitrogens with zero attached hydrogens (tertiary/aromatic N) is 4. The molecule has 0 fully saturated rings. The summed E-state index contributed by atoms with van der Waals surface area (Å²) in [4.78, 5) is 44.2. The van der Waals surface area contributed by atoms with E-state index in [0.29, 0.717) is 39.3 Å². The molecule has 152 valence electrons. The van der Waals surface area contributed by atoms with E-state index in [2.05, 4.69) is 11.6 Å². The minimum atomic E-state index is -0.947. The Morgan fingerprint density at radius 2 is 1.36 bits per heavy atom. The third kappa shape index (κ3) is 7.55. The van der Waals surface area contributed by atoms with Gasteiger partial charge >= 0.3 is 11.9 Å². The van der Waals surface area contributed by atoms with Gasteiger partial charge in [-0.1, -0.05) is 12.6 Å². The van der Waals surface area contributed by atoms with E-state index in [9.17, 15) is 19.5 Å². The molecule has 0 saturated carbocycles. The molecule has 28 heavy (non-hydrogen) atoms. The summed E-state index contributed by atoms with van der Waals surface area (Å²) in [7, 11) is 0. The van der Waals surface area contributed by atoms with Gasteiger partial charge in [0.25, 0.3) is 0 Å². The van der Waals surface area contributed by atoms with E-state index in [-0.39, 0.29) is 25.4 Å². The lowest BCUT2D eigenvalue weighted by Crippen LogP contribution is -2.44. The van der Waals surface area contributed by atoms with Crippen molar-refractivity contribution in [2.45, 2.75) is 13.1 Å². The summed E-state index contributed by atoms with van der Waals surface area (Å²) < 4.78 is 0. The number of carbonyl (C=O) groups excluding carboxylic acids is 1. The van der Waals surface area contributed by atoms with Gasteiger partial charge in [0, 0.05) is 39.3 Å². The lowest BCUT2D eigenvalue weighted by molar-refractivity contribution is -0.140. The highest BCUT2D eigenvalue weighted by molar-refractivity contribution is 5.90. The Bertz CT molecular complexity index is 724. The third-order valence-electron chi connectivity index (χ3n) is 4.43. The zero-order valence-corrected chi connectivity index (χ0v) is 15.8. The first-order valence-corrected chi connectivity index (χ1v) is 9.06. The molecular weight excluding hydrogens is 364 g/mol. The lowest BCUT2D eigenvalue weighted by atomic mass is 10.2. The van der Waals surface area contributed by atoms with Crippen LogP contribution < -0.4 is 0 Å². The normalized spacial score (nSPS) is 17.3. The number of hydrogen-bond acceptors (Lipinski definition) is 7. The molecule has 0 radical (unpaired) electrons. The highest BCUT2D eigenvalue weighted by Gasteiger charge is 2.19. The number of ketones is 1. The molecule has 2 bridgehead atoms. The molecule has 2 rings (SSSR count). The van der Waals surface area contributed by atoms with Crippen molar-refractivity contribution in [1.82, 2.24) is 19.7 Å². The number of aromatic nitrogens is 1. The molecule has 1 aromatic heterocycles. The maximum absolute atomic E-state index is 11.8. The Morgan fingerprint density at radius 3 is 1.86 bits per heavy atom. The summed E-state index contributed by atoms with van der Waals surface area (Å²) in [5.41, 5.74) is 1.51. The largest absolute Gasteiger partial charge is 0.480 e. The van der Waals surface area contributed by atoms with E-state index in [0.717, 1.165) is 11.4 Å². The van der Waals surface area contributed by atoms with Gasteiger partial charge in [-0.15, -0.1) is 0 Å². The van der Waals surface area contributed by atoms with E-state index in [1.54, 1.807) is 9.80 Å². The van der Waals surface area contributed by atoms with Crippen molar-refractivity contribution in [1.29, 1.82) is 0 Å². The van der Waals surface area contributed by atoms with Gasteiger partial charge in [0.15, 0.2) is 5.78 Å². The molecule has 0 aromatic carbocycles. The SMILES string of the molecule is C=CC(=O)CN1CCN(CC(=O)O)CCN(CC(=O)O)Cc2cccc(n2)C1. The fraction of sp³-hybridized carbons (Fsp3) is 0.474. The van der Waals surface area contributed by atoms with Crippen LogP contribution in [0.1, 0.15) is 11.4 Å². The summed E-state index contributed by atoms with van der Waals surface area (Å²) in [5.74, 6) is -2.00. The number of carboxylic acids is 2. The average Bonchev–Trinajstić information content (AvgIpc) is 2.62. The molecule has 0 spiro atoms. The van der Waals surface area contributed by atoms with Crippen molar-refractivity contribution in [3.05, 3.63) is 42.2 Å². The minimum Gasteiger partial charge on any atom is -0.480 e. The van der Waals surface area contributed by atoms with Crippen molar-refractivity contribution in [2.75, 3.05) is 45.8 Å². The van der Waals surface area contributed by atoms with Gasteiger partial charge in [0.1, 0.15) is 0 Å². The predicted molar refractivity (Wildman–Crippen MR) is 102 cm³/mol. The smallest absolute Gasteiger partial charge is 0.317 e. The maximum Gasteiger partial charge on any atom is 0.317 e. The van der Waals surface area contributed by atoms with Crippen LogP contribution in [0.3, 0.4) is 0 Å². The molecule has 9 nitrogen and oxygen atoms in total. The minimum absolute atomic E-state index is 0.110. The second-order valence-electron chi connectivity index (χ2n) is 6.78. The van der Waals surface area contributed by atoms with Gasteiger partial charge in [0.2, 0.25) is 0 Å². The van der Waals surface area contributed by atoms with Crippen molar-refractivity contribution in [3.63, 3.8) is 0 Å². The molecule has 0 saturated heterocycles. The molecular formula is C19H26N4O5. The van der Waals surface area contributed by atoms with Crippen LogP contribution in [0.4, 0.5) is 0 Å². The van der Waals surface area contributed by atoms with Gasteiger partial charge < -0.3 is 10.2 Å². The summed E-state index contributed by atoms with van der Waals surface area (Å²) in [6, 6.07) is 5.56. The molecule has 2 heterocycles. The second-order valence-corrected chi connectivity index (χ2v) is 6.78. The molecule has 1 aromatic rings. The van der Waals surface area contributed by atoms with Crippen molar-refractivity contribution >= 4 is 17.7 Å². The topological polar surface area (TPSA) is 114 Å². The van der Waals surface area contributed by atoms with E-state index >= 15 is 0 Å². The highest BCUT2D eigenvalue weighted by Crippen LogP contribution is 2.09. The van der Waals surface area contributed by atoms with Crippen LogP contribution >= 0.6 is 0 Å². The van der Waals surface area contributed by atoms with Crippen molar-refractivity contribution in [3.8, 4) is 0 Å². The molecule has 0 aliphatic carbocycles. The highest BCUT2D eigenvalue weighted by atomic mass is 16.4. The number of pyridine rings is 1. The zero-order chi connectivity index (χ0) is 20.5. The monoisotopic (exact) mass is 390 g/mol. The predicted octanol–water partition coefficient (Wildman–Crippen LogP) is -0.0745. The third-order valence-corrected chi connectivity index (χ3v) is 4.43. The number of aliphatic carboxylic acids is 2. The molecule has 2 N–H and O–H groups in total. The molecule has 0 amide bonds. The summed E-state index contributed by atoms with van der Waals surface area (Å²) >= 11 is 0. The van der Waals surface area contributed by atoms with Crippen LogP contribution in [0.5, 0.6) is 0 Å². The van der Waals surface area contributed by atoms with Crippen LogP contribution in [-0.2, 0) is 27.5 Å². The average molecular weight is 390 g/mol. The number of carboxylic acid groups (broad SMARTS) is 2. The quantitative estimate of drug-likeness (QED) is 0.617. The summed E-state index contributed by atoms with van der Waals surface area (Å²) in [6.45, 7) is 5.92. The van der Waals surface area contributed by atoms with Gasteiger partial charge in [-0.3, -0.25) is 34.1 Å². The second kappa shape index (κ2) is 10.6. The molecule has 0 unspecified atom stereocenters. The van der Waals surface area contributed by atoms with Crippen LogP contribution in [0, 0.1) is 0 Å². The van der Waals surface area contributed by atoms with E-state index in [4.69, 9.17) is 5.11 Å². The lowest BCUT2D eigenvalue weighted by Gasteiger charge is -2.29. The Hall–Kier alpha value is -2.62. The number of carbonyl (C=O) groups is 3. The molecule has 0 atom stereocenters. The van der Waals surface area contributed by atoms with E-state index in [1.165, 1.54) is 6.08 Å². The molecule has 1 aliphatic heterocycles. The summed E-state index contributed by atoms with van der Waals surface area (Å²) in [6.07, 6.45) is 1.28. The van der Waals surface area contributed by atoms with Crippen molar-refractivity contribution < 1.29 is 24.6 Å². The Morgan fingerprint density at radius 1 is 0.893 bits per heavy atom. The van der Waals surface area contributed by atoms with Crippen LogP contribution in [0.2, 0.25) is 0 Å². The van der Waals surface area contributed by atoms with Crippen molar-refractivity contribution in [2.24, 2.45) is 0 Å². The van der Waals surface area contributed by atoms with E-state index < -0.39 is 11.9 Å². The fourth-order valence-corrected chi connectivity index (χ4v) is 3.09. The maximum atomic E-state index is 11.8. The first-order chi connectivity index (χ1) is 13.4. The Labute approximate surface area is 163 Å². The first-order valence-electron chi connectivity index (χ1n) is 9.06. The van der Waals surface area contributed by atoms with E-state index in [1.807, 2.05) is 23.1 Å². The fourth-order valence-electron chi connectivity index (χ4n) is 3.09. The van der Waals surface area contributed by atoms with Crippen LogP contribution in [-0.4, -0.2) is 93.4 Å².